The number of benzene rings is 2. The number of nitrogens with one attached hydrogen (secondary N) is 1. The Bertz CT molecular complexity index is 1240. The van der Waals surface area contributed by atoms with E-state index in [9.17, 15) is 10.1 Å². The molecule has 174 valence electrons. The summed E-state index contributed by atoms with van der Waals surface area (Å²) < 4.78 is 6.80. The van der Waals surface area contributed by atoms with E-state index in [1.54, 1.807) is 16.7 Å². The van der Waals surface area contributed by atoms with Crippen LogP contribution in [-0.4, -0.2) is 47.6 Å². The number of anilines is 1. The van der Waals surface area contributed by atoms with E-state index >= 15 is 0 Å². The van der Waals surface area contributed by atoms with Gasteiger partial charge in [-0.05, 0) is 74.2 Å². The Labute approximate surface area is 198 Å². The number of methoxy groups -OCH3 is 1. The molecule has 0 radical (unpaired) electrons. The number of nitrogens with zero attached hydrogens (tertiary/aromatic N) is 4. The molecule has 0 spiro atoms. The third-order valence-corrected chi connectivity index (χ3v) is 6.72. The molecule has 2 aromatic carbocycles. The zero-order chi connectivity index (χ0) is 23.7. The van der Waals surface area contributed by atoms with Crippen LogP contribution in [0.1, 0.15) is 46.6 Å². The van der Waals surface area contributed by atoms with E-state index in [4.69, 9.17) is 9.84 Å². The highest BCUT2D eigenvalue weighted by Gasteiger charge is 2.43. The van der Waals surface area contributed by atoms with Crippen molar-refractivity contribution in [1.29, 1.82) is 5.26 Å². The van der Waals surface area contributed by atoms with Crippen molar-refractivity contribution in [3.05, 3.63) is 71.0 Å². The highest BCUT2D eigenvalue weighted by atomic mass is 16.5. The van der Waals surface area contributed by atoms with Crippen LogP contribution in [0.25, 0.3) is 5.69 Å². The summed E-state index contributed by atoms with van der Waals surface area (Å²) in [6, 6.07) is 17.6. The summed E-state index contributed by atoms with van der Waals surface area (Å²) in [6.45, 7) is 1.46. The van der Waals surface area contributed by atoms with Crippen LogP contribution in [0.3, 0.4) is 0 Å². The van der Waals surface area contributed by atoms with E-state index in [1.807, 2.05) is 36.4 Å². The van der Waals surface area contributed by atoms with E-state index in [0.29, 0.717) is 41.4 Å². The zero-order valence-corrected chi connectivity index (χ0v) is 19.1. The predicted octanol–water partition coefficient (Wildman–Crippen LogP) is 2.92. The van der Waals surface area contributed by atoms with Crippen molar-refractivity contribution in [1.82, 2.24) is 15.1 Å². The molecule has 3 aromatic rings. The third kappa shape index (κ3) is 3.83. The summed E-state index contributed by atoms with van der Waals surface area (Å²) in [7, 11) is 1.60. The second-order valence-electron chi connectivity index (χ2n) is 8.74. The first-order valence-corrected chi connectivity index (χ1v) is 11.5. The minimum Gasteiger partial charge on any atom is -0.497 e. The lowest BCUT2D eigenvalue weighted by molar-refractivity contribution is 0.0973. The Morgan fingerprint density at radius 3 is 2.47 bits per heavy atom. The van der Waals surface area contributed by atoms with Gasteiger partial charge in [0.2, 0.25) is 0 Å². The molecule has 0 saturated heterocycles. The minimum absolute atomic E-state index is 0.0124. The van der Waals surface area contributed by atoms with E-state index in [1.165, 1.54) is 5.56 Å². The van der Waals surface area contributed by atoms with Crippen LogP contribution in [0.15, 0.2) is 48.5 Å². The molecule has 2 aliphatic rings. The van der Waals surface area contributed by atoms with Crippen molar-refractivity contribution in [2.24, 2.45) is 0 Å². The molecule has 1 aromatic heterocycles. The predicted molar refractivity (Wildman–Crippen MR) is 127 cm³/mol. The number of aliphatic hydroxyl groups is 1. The number of aliphatic hydroxyl groups excluding tert-OH is 1. The third-order valence-electron chi connectivity index (χ3n) is 6.72. The summed E-state index contributed by atoms with van der Waals surface area (Å²) in [5, 5.41) is 26.7. The van der Waals surface area contributed by atoms with Crippen molar-refractivity contribution in [3.8, 4) is 17.5 Å². The fourth-order valence-electron chi connectivity index (χ4n) is 4.67. The second kappa shape index (κ2) is 8.93. The maximum absolute atomic E-state index is 13.6. The summed E-state index contributed by atoms with van der Waals surface area (Å²) in [5.41, 5.74) is 4.14. The number of amides is 1. The largest absolute Gasteiger partial charge is 0.497 e. The molecule has 8 heteroatoms. The SMILES string of the molecule is COc1ccc(-n2nc(C#N)c3c2C(=O)N(c2ccc(C4(NCCCO)CC4)cc2)CC3)cc1. The molecule has 2 heterocycles. The number of fused-ring (bicyclic) bond motifs is 1. The molecule has 0 bridgehead atoms. The van der Waals surface area contributed by atoms with Crippen molar-refractivity contribution >= 4 is 11.6 Å². The highest BCUT2D eigenvalue weighted by molar-refractivity contribution is 6.07. The summed E-state index contributed by atoms with van der Waals surface area (Å²) in [6.07, 6.45) is 3.44. The molecule has 0 unspecified atom stereocenters. The van der Waals surface area contributed by atoms with Crippen LogP contribution >= 0.6 is 0 Å². The van der Waals surface area contributed by atoms with Crippen LogP contribution in [0, 0.1) is 11.3 Å². The molecule has 1 fully saturated rings. The Kier molecular flexibility index (Phi) is 5.82. The van der Waals surface area contributed by atoms with Crippen molar-refractivity contribution in [2.75, 3.05) is 31.7 Å². The number of ether oxygens (including phenoxy) is 1. The average molecular weight is 458 g/mol. The number of hydrogen-bond donors (Lipinski definition) is 2. The fraction of sp³-hybridized carbons (Fsp3) is 0.346. The molecule has 1 aliphatic carbocycles. The molecule has 1 amide bonds. The summed E-state index contributed by atoms with van der Waals surface area (Å²) >= 11 is 0. The van der Waals surface area contributed by atoms with Gasteiger partial charge in [-0.3, -0.25) is 4.79 Å². The van der Waals surface area contributed by atoms with Gasteiger partial charge in [-0.15, -0.1) is 0 Å². The van der Waals surface area contributed by atoms with E-state index in [-0.39, 0.29) is 18.1 Å². The molecule has 8 nitrogen and oxygen atoms in total. The minimum atomic E-state index is -0.166. The van der Waals surface area contributed by atoms with Crippen LogP contribution in [0.5, 0.6) is 5.75 Å². The molecule has 2 N–H and O–H groups in total. The molecular weight excluding hydrogens is 430 g/mol. The van der Waals surface area contributed by atoms with E-state index in [0.717, 1.165) is 31.5 Å². The van der Waals surface area contributed by atoms with Crippen LogP contribution in [0.4, 0.5) is 5.69 Å². The Balaban J connectivity index is 1.43. The van der Waals surface area contributed by atoms with Crippen molar-refractivity contribution < 1.29 is 14.6 Å². The number of hydrogen-bond acceptors (Lipinski definition) is 6. The number of carbonyl (C=O) groups excluding carboxylic acids is 1. The number of carbonyl (C=O) groups is 1. The smallest absolute Gasteiger partial charge is 0.277 e. The normalized spacial score (nSPS) is 16.1. The maximum atomic E-state index is 13.6. The average Bonchev–Trinajstić information content (AvgIpc) is 3.57. The van der Waals surface area contributed by atoms with Gasteiger partial charge in [0.1, 0.15) is 17.5 Å². The lowest BCUT2D eigenvalue weighted by Gasteiger charge is -2.28. The van der Waals surface area contributed by atoms with Crippen molar-refractivity contribution in [2.45, 2.75) is 31.2 Å². The quantitative estimate of drug-likeness (QED) is 0.504. The van der Waals surface area contributed by atoms with Gasteiger partial charge >= 0.3 is 0 Å². The Morgan fingerprint density at radius 2 is 1.85 bits per heavy atom. The molecule has 5 rings (SSSR count). The van der Waals surface area contributed by atoms with Crippen LogP contribution in [-0.2, 0) is 12.0 Å². The van der Waals surface area contributed by atoms with E-state index < -0.39 is 0 Å². The van der Waals surface area contributed by atoms with Gasteiger partial charge in [0, 0.05) is 29.9 Å². The van der Waals surface area contributed by atoms with Gasteiger partial charge in [-0.1, -0.05) is 12.1 Å². The van der Waals surface area contributed by atoms with Crippen molar-refractivity contribution in [3.63, 3.8) is 0 Å². The number of nitriles is 1. The van der Waals surface area contributed by atoms with Gasteiger partial charge < -0.3 is 20.1 Å². The molecule has 1 saturated carbocycles. The highest BCUT2D eigenvalue weighted by Crippen LogP contribution is 2.46. The van der Waals surface area contributed by atoms with Gasteiger partial charge in [-0.2, -0.15) is 10.4 Å². The number of aromatic nitrogens is 2. The lowest BCUT2D eigenvalue weighted by atomic mass is 10.0. The zero-order valence-electron chi connectivity index (χ0n) is 19.1. The van der Waals surface area contributed by atoms with Gasteiger partial charge in [0.25, 0.3) is 5.91 Å². The maximum Gasteiger partial charge on any atom is 0.277 e. The Hall–Kier alpha value is -3.67. The van der Waals surface area contributed by atoms with Crippen LogP contribution in [0.2, 0.25) is 0 Å². The monoisotopic (exact) mass is 457 g/mol. The van der Waals surface area contributed by atoms with Crippen LogP contribution < -0.4 is 15.0 Å². The molecule has 34 heavy (non-hydrogen) atoms. The first-order valence-electron chi connectivity index (χ1n) is 11.5. The van der Waals surface area contributed by atoms with Gasteiger partial charge in [0.15, 0.2) is 5.69 Å². The first kappa shape index (κ1) is 22.1. The standard InChI is InChI=1S/C26H27N5O3/c1-34-21-9-7-20(8-10-21)31-24-22(23(17-27)29-31)11-15-30(25(24)33)19-5-3-18(4-6-19)26(12-13-26)28-14-2-16-32/h3-10,28,32H,2,11-16H2,1H3. The van der Waals surface area contributed by atoms with Gasteiger partial charge in [0.05, 0.1) is 12.8 Å². The topological polar surface area (TPSA) is 103 Å². The summed E-state index contributed by atoms with van der Waals surface area (Å²) in [5.74, 6) is 0.540. The van der Waals surface area contributed by atoms with Gasteiger partial charge in [-0.25, -0.2) is 4.68 Å². The Morgan fingerprint density at radius 1 is 1.15 bits per heavy atom. The second-order valence-corrected chi connectivity index (χ2v) is 8.74. The fourth-order valence-corrected chi connectivity index (χ4v) is 4.67. The van der Waals surface area contributed by atoms with E-state index in [2.05, 4.69) is 28.6 Å². The number of rotatable bonds is 8. The summed E-state index contributed by atoms with van der Waals surface area (Å²) in [4.78, 5) is 15.4. The lowest BCUT2D eigenvalue weighted by Crippen LogP contribution is -2.39. The molecule has 1 aliphatic heterocycles. The molecule has 0 atom stereocenters. The molecular formula is C26H27N5O3. The first-order chi connectivity index (χ1) is 16.6.